The molecule has 0 fully saturated rings. The number of nitriles is 1. The fraction of sp³-hybridized carbons (Fsp3) is 0.143. The molecule has 0 spiro atoms. The maximum absolute atomic E-state index is 9.60. The molecular weight excluding hydrogens is 246 g/mol. The standard InChI is InChI=1S/2C4H6O2.C3H3N.C3H4/c2*1-3(2)4(5)6;1-2-3-4;1-3-2/h2*1H2,2H3,(H,5,6);2H,1H2;1-2H2. The molecule has 0 saturated heterocycles. The average Bonchev–Trinajstić information content (AvgIpc) is 2.30. The van der Waals surface area contributed by atoms with Gasteiger partial charge in [-0.3, -0.25) is 0 Å². The van der Waals surface area contributed by atoms with Crippen LogP contribution in [0.25, 0.3) is 0 Å². The van der Waals surface area contributed by atoms with E-state index in [0.717, 1.165) is 0 Å². The van der Waals surface area contributed by atoms with Crippen LogP contribution in [0.1, 0.15) is 13.8 Å². The average molecular weight is 265 g/mol. The van der Waals surface area contributed by atoms with Crippen LogP contribution in [0.4, 0.5) is 0 Å². The van der Waals surface area contributed by atoms with E-state index in [1.807, 2.05) is 0 Å². The second-order valence-electron chi connectivity index (χ2n) is 2.75. The molecule has 5 nitrogen and oxygen atoms in total. The summed E-state index contributed by atoms with van der Waals surface area (Å²) < 4.78 is 0. The van der Waals surface area contributed by atoms with Crippen LogP contribution in [-0.4, -0.2) is 22.2 Å². The maximum atomic E-state index is 9.60. The van der Waals surface area contributed by atoms with Crippen molar-refractivity contribution in [2.24, 2.45) is 0 Å². The molecular formula is C14H19NO4. The minimum Gasteiger partial charge on any atom is -0.478 e. The summed E-state index contributed by atoms with van der Waals surface area (Å²) in [5.74, 6) is -1.87. The second-order valence-corrected chi connectivity index (χ2v) is 2.75. The van der Waals surface area contributed by atoms with Crippen molar-refractivity contribution in [3.63, 3.8) is 0 Å². The fourth-order valence-electron chi connectivity index (χ4n) is 0. The molecule has 0 aromatic heterocycles. The van der Waals surface area contributed by atoms with Gasteiger partial charge < -0.3 is 10.2 Å². The highest BCUT2D eigenvalue weighted by Crippen LogP contribution is 1.81. The Kier molecular flexibility index (Phi) is 27.2. The predicted molar refractivity (Wildman–Crippen MR) is 75.5 cm³/mol. The van der Waals surface area contributed by atoms with Crippen LogP contribution in [0.3, 0.4) is 0 Å². The lowest BCUT2D eigenvalue weighted by atomic mass is 10.4. The van der Waals surface area contributed by atoms with Crippen LogP contribution in [0.5, 0.6) is 0 Å². The Hall–Kier alpha value is -2.83. The normalized spacial score (nSPS) is 5.95. The van der Waals surface area contributed by atoms with Gasteiger partial charge in [-0.05, 0) is 13.8 Å². The second kappa shape index (κ2) is 20.6. The van der Waals surface area contributed by atoms with Gasteiger partial charge in [0.1, 0.15) is 0 Å². The van der Waals surface area contributed by atoms with Crippen molar-refractivity contribution in [3.8, 4) is 6.07 Å². The van der Waals surface area contributed by atoms with Crippen molar-refractivity contribution in [1.29, 1.82) is 5.26 Å². The Bertz CT molecular complexity index is 346. The summed E-state index contributed by atoms with van der Waals surface area (Å²) >= 11 is 0. The van der Waals surface area contributed by atoms with Crippen molar-refractivity contribution in [2.75, 3.05) is 0 Å². The van der Waals surface area contributed by atoms with Crippen molar-refractivity contribution in [1.82, 2.24) is 0 Å². The Balaban J connectivity index is -0.0000000821. The first-order valence-corrected chi connectivity index (χ1v) is 4.69. The van der Waals surface area contributed by atoms with E-state index in [2.05, 4.69) is 38.6 Å². The molecule has 0 saturated carbocycles. The third-order valence-electron chi connectivity index (χ3n) is 0.821. The molecule has 0 rings (SSSR count). The van der Waals surface area contributed by atoms with Gasteiger partial charge in [0, 0.05) is 17.2 Å². The van der Waals surface area contributed by atoms with E-state index in [1.165, 1.54) is 19.9 Å². The van der Waals surface area contributed by atoms with Crippen LogP contribution in [0, 0.1) is 11.3 Å². The minimum absolute atomic E-state index is 0.176. The zero-order valence-electron chi connectivity index (χ0n) is 11.3. The monoisotopic (exact) mass is 265 g/mol. The van der Waals surface area contributed by atoms with Crippen LogP contribution in [-0.2, 0) is 9.59 Å². The fourth-order valence-corrected chi connectivity index (χ4v) is 0. The van der Waals surface area contributed by atoms with Gasteiger partial charge in [0.2, 0.25) is 0 Å². The number of hydrogen-bond donors (Lipinski definition) is 2. The molecule has 0 amide bonds. The Labute approximate surface area is 113 Å². The van der Waals surface area contributed by atoms with E-state index in [4.69, 9.17) is 15.5 Å². The van der Waals surface area contributed by atoms with Crippen LogP contribution < -0.4 is 0 Å². The predicted octanol–water partition coefficient (Wildman–Crippen LogP) is 2.95. The number of hydrogen-bond acceptors (Lipinski definition) is 3. The highest BCUT2D eigenvalue weighted by atomic mass is 16.4. The van der Waals surface area contributed by atoms with Gasteiger partial charge >= 0.3 is 11.9 Å². The molecule has 2 N–H and O–H groups in total. The summed E-state index contributed by atoms with van der Waals surface area (Å²) in [6.07, 6.45) is 1.18. The lowest BCUT2D eigenvalue weighted by Crippen LogP contribution is -1.92. The molecule has 0 atom stereocenters. The van der Waals surface area contributed by atoms with Gasteiger partial charge in [0.25, 0.3) is 0 Å². The number of carboxylic acids is 2. The summed E-state index contributed by atoms with van der Waals surface area (Å²) in [5, 5.41) is 23.3. The van der Waals surface area contributed by atoms with E-state index in [9.17, 15) is 9.59 Å². The van der Waals surface area contributed by atoms with Crippen molar-refractivity contribution < 1.29 is 19.8 Å². The van der Waals surface area contributed by atoms with Crippen molar-refractivity contribution >= 4 is 11.9 Å². The maximum Gasteiger partial charge on any atom is 0.330 e. The number of carboxylic acid groups (broad SMARTS) is 2. The van der Waals surface area contributed by atoms with Crippen molar-refractivity contribution in [2.45, 2.75) is 13.8 Å². The topological polar surface area (TPSA) is 98.4 Å². The van der Waals surface area contributed by atoms with E-state index < -0.39 is 11.9 Å². The third kappa shape index (κ3) is 69.1. The van der Waals surface area contributed by atoms with Crippen LogP contribution in [0.15, 0.2) is 55.8 Å². The smallest absolute Gasteiger partial charge is 0.330 e. The Morgan fingerprint density at radius 3 is 1.16 bits per heavy atom. The van der Waals surface area contributed by atoms with Gasteiger partial charge in [-0.15, -0.1) is 5.73 Å². The summed E-state index contributed by atoms with van der Waals surface area (Å²) in [6, 6.07) is 1.69. The molecule has 0 aliphatic carbocycles. The van der Waals surface area contributed by atoms with Crippen molar-refractivity contribution in [3.05, 3.63) is 55.8 Å². The van der Waals surface area contributed by atoms with Gasteiger partial charge in [0.05, 0.1) is 6.07 Å². The summed E-state index contributed by atoms with van der Waals surface area (Å²) in [7, 11) is 0. The third-order valence-corrected chi connectivity index (χ3v) is 0.821. The quantitative estimate of drug-likeness (QED) is 0.454. The first kappa shape index (κ1) is 25.1. The molecule has 5 heteroatoms. The number of carbonyl (C=O) groups is 2. The summed E-state index contributed by atoms with van der Waals surface area (Å²) in [5.41, 5.74) is 2.60. The molecule has 0 aliphatic heterocycles. The molecule has 19 heavy (non-hydrogen) atoms. The number of aliphatic carboxylic acids is 2. The first-order chi connectivity index (χ1) is 8.61. The number of rotatable bonds is 2. The summed E-state index contributed by atoms with van der Waals surface area (Å²) in [4.78, 5) is 19.2. The number of allylic oxidation sites excluding steroid dienone is 1. The van der Waals surface area contributed by atoms with Gasteiger partial charge in [-0.2, -0.15) is 5.26 Å². The zero-order valence-corrected chi connectivity index (χ0v) is 11.3. The zero-order chi connectivity index (χ0) is 16.4. The molecule has 0 aliphatic rings. The molecule has 104 valence electrons. The van der Waals surface area contributed by atoms with E-state index in [-0.39, 0.29) is 11.1 Å². The molecule has 0 radical (unpaired) electrons. The molecule has 0 heterocycles. The lowest BCUT2D eigenvalue weighted by Gasteiger charge is -1.79. The molecule has 0 aromatic rings. The lowest BCUT2D eigenvalue weighted by molar-refractivity contribution is -0.133. The van der Waals surface area contributed by atoms with E-state index >= 15 is 0 Å². The number of nitrogens with zero attached hydrogens (tertiary/aromatic N) is 1. The molecule has 0 unspecified atom stereocenters. The van der Waals surface area contributed by atoms with Crippen LogP contribution in [0.2, 0.25) is 0 Å². The Morgan fingerprint density at radius 1 is 1.05 bits per heavy atom. The van der Waals surface area contributed by atoms with E-state index in [0.29, 0.717) is 0 Å². The van der Waals surface area contributed by atoms with Crippen LogP contribution >= 0.6 is 0 Å². The SMILES string of the molecule is C=C(C)C(=O)O.C=C(C)C(=O)O.C=C=C.C=CC#N. The minimum atomic E-state index is -0.935. The first-order valence-electron chi connectivity index (χ1n) is 4.69. The largest absolute Gasteiger partial charge is 0.478 e. The van der Waals surface area contributed by atoms with Gasteiger partial charge in [-0.1, -0.05) is 32.9 Å². The van der Waals surface area contributed by atoms with Gasteiger partial charge in [-0.25, -0.2) is 9.59 Å². The van der Waals surface area contributed by atoms with Gasteiger partial charge in [0.15, 0.2) is 0 Å². The molecule has 0 bridgehead atoms. The Morgan fingerprint density at radius 2 is 1.16 bits per heavy atom. The summed E-state index contributed by atoms with van der Waals surface area (Å²) in [6.45, 7) is 18.6. The molecule has 0 aromatic carbocycles. The van der Waals surface area contributed by atoms with E-state index in [1.54, 1.807) is 6.07 Å². The highest BCUT2D eigenvalue weighted by Gasteiger charge is 1.90. The highest BCUT2D eigenvalue weighted by molar-refractivity contribution is 5.85.